The van der Waals surface area contributed by atoms with Gasteiger partial charge in [-0.05, 0) is 31.9 Å². The Kier molecular flexibility index (Phi) is 4.09. The number of carbonyl (C=O) groups is 2. The van der Waals surface area contributed by atoms with Crippen molar-refractivity contribution in [2.45, 2.75) is 30.2 Å². The van der Waals surface area contributed by atoms with Gasteiger partial charge in [-0.3, -0.25) is 9.78 Å². The maximum Gasteiger partial charge on any atom is 0.329 e. The molecule has 0 aromatic carbocycles. The van der Waals surface area contributed by atoms with E-state index in [1.165, 1.54) is 16.7 Å². The highest BCUT2D eigenvalue weighted by molar-refractivity contribution is 8.00. The molecule has 0 radical (unpaired) electrons. The Morgan fingerprint density at radius 1 is 1.47 bits per heavy atom. The summed E-state index contributed by atoms with van der Waals surface area (Å²) in [6.07, 6.45) is 4.61. The van der Waals surface area contributed by atoms with E-state index in [2.05, 4.69) is 4.98 Å². The van der Waals surface area contributed by atoms with Crippen molar-refractivity contribution >= 4 is 23.6 Å². The highest BCUT2D eigenvalue weighted by Crippen LogP contribution is 2.30. The number of carboxylic acids is 1. The topological polar surface area (TPSA) is 70.5 Å². The molecule has 5 nitrogen and oxygen atoms in total. The van der Waals surface area contributed by atoms with E-state index < -0.39 is 11.5 Å². The van der Waals surface area contributed by atoms with Gasteiger partial charge in [-0.1, -0.05) is 0 Å². The fourth-order valence-electron chi connectivity index (χ4n) is 2.24. The third kappa shape index (κ3) is 2.89. The summed E-state index contributed by atoms with van der Waals surface area (Å²) in [6.45, 7) is 2.15. The van der Waals surface area contributed by atoms with Crippen LogP contribution in [0.2, 0.25) is 0 Å². The number of rotatable bonds is 4. The molecule has 0 spiro atoms. The van der Waals surface area contributed by atoms with Gasteiger partial charge in [0.05, 0.1) is 5.75 Å². The molecule has 1 aromatic rings. The number of amides is 1. The molecule has 102 valence electrons. The molecule has 1 unspecified atom stereocenters. The fraction of sp³-hybridized carbons (Fsp3) is 0.462. The van der Waals surface area contributed by atoms with Crippen molar-refractivity contribution < 1.29 is 14.7 Å². The van der Waals surface area contributed by atoms with E-state index in [4.69, 9.17) is 0 Å². The van der Waals surface area contributed by atoms with E-state index in [0.29, 0.717) is 13.0 Å². The monoisotopic (exact) mass is 280 g/mol. The lowest BCUT2D eigenvalue weighted by molar-refractivity contribution is -0.154. The second kappa shape index (κ2) is 5.61. The van der Waals surface area contributed by atoms with Crippen molar-refractivity contribution in [1.82, 2.24) is 9.88 Å². The normalized spacial score (nSPS) is 22.5. The van der Waals surface area contributed by atoms with Gasteiger partial charge in [0.15, 0.2) is 0 Å². The average molecular weight is 280 g/mol. The number of hydrogen-bond donors (Lipinski definition) is 1. The lowest BCUT2D eigenvalue weighted by Crippen LogP contribution is -2.51. The lowest BCUT2D eigenvalue weighted by Gasteiger charge is -2.31. The van der Waals surface area contributed by atoms with Crippen LogP contribution in [0.5, 0.6) is 0 Å². The number of carboxylic acid groups (broad SMARTS) is 1. The van der Waals surface area contributed by atoms with Gasteiger partial charge in [-0.25, -0.2) is 4.79 Å². The maximum atomic E-state index is 12.2. The smallest absolute Gasteiger partial charge is 0.329 e. The van der Waals surface area contributed by atoms with E-state index in [1.54, 1.807) is 19.3 Å². The second-order valence-electron chi connectivity index (χ2n) is 4.70. The molecule has 0 saturated carbocycles. The van der Waals surface area contributed by atoms with Gasteiger partial charge in [0, 0.05) is 23.8 Å². The first kappa shape index (κ1) is 13.9. The largest absolute Gasteiger partial charge is 0.480 e. The number of hydrogen-bond acceptors (Lipinski definition) is 4. The van der Waals surface area contributed by atoms with Crippen molar-refractivity contribution in [1.29, 1.82) is 0 Å². The van der Waals surface area contributed by atoms with E-state index in [9.17, 15) is 14.7 Å². The quantitative estimate of drug-likeness (QED) is 0.849. The number of likely N-dealkylation sites (tertiary alicyclic amines) is 1. The average Bonchev–Trinajstić information content (AvgIpc) is 2.81. The van der Waals surface area contributed by atoms with Crippen LogP contribution < -0.4 is 0 Å². The number of carbonyl (C=O) groups excluding carboxylic acids is 1. The van der Waals surface area contributed by atoms with E-state index in [1.807, 2.05) is 12.1 Å². The van der Waals surface area contributed by atoms with Crippen LogP contribution in [-0.2, 0) is 9.59 Å². The summed E-state index contributed by atoms with van der Waals surface area (Å²) in [5.74, 6) is -0.788. The minimum Gasteiger partial charge on any atom is -0.480 e. The molecule has 0 bridgehead atoms. The molecule has 1 saturated heterocycles. The predicted octanol–water partition coefficient (Wildman–Crippen LogP) is 1.64. The molecule has 1 aliphatic rings. The summed E-state index contributed by atoms with van der Waals surface area (Å²) < 4.78 is 0. The summed E-state index contributed by atoms with van der Waals surface area (Å²) in [5, 5.41) is 9.27. The first-order valence-electron chi connectivity index (χ1n) is 6.11. The van der Waals surface area contributed by atoms with Gasteiger partial charge in [-0.2, -0.15) is 0 Å². The Bertz CT molecular complexity index is 480. The zero-order valence-corrected chi connectivity index (χ0v) is 11.5. The molecule has 1 atom stereocenters. The Morgan fingerprint density at radius 3 is 2.79 bits per heavy atom. The number of aliphatic carboxylic acids is 1. The molecular weight excluding hydrogens is 264 g/mol. The zero-order chi connectivity index (χ0) is 13.9. The van der Waals surface area contributed by atoms with Crippen LogP contribution >= 0.6 is 11.8 Å². The first-order chi connectivity index (χ1) is 9.04. The van der Waals surface area contributed by atoms with Crippen LogP contribution in [0.1, 0.15) is 19.8 Å². The minimum atomic E-state index is -1.05. The van der Waals surface area contributed by atoms with Gasteiger partial charge < -0.3 is 10.0 Å². The third-order valence-electron chi connectivity index (χ3n) is 3.41. The van der Waals surface area contributed by atoms with Crippen molar-refractivity contribution in [3.63, 3.8) is 0 Å². The van der Waals surface area contributed by atoms with E-state index in [0.717, 1.165) is 11.3 Å². The zero-order valence-electron chi connectivity index (χ0n) is 10.7. The molecule has 1 N–H and O–H groups in total. The fourth-order valence-corrected chi connectivity index (χ4v) is 3.00. The van der Waals surface area contributed by atoms with Gasteiger partial charge in [0.1, 0.15) is 5.54 Å². The summed E-state index contributed by atoms with van der Waals surface area (Å²) in [5.41, 5.74) is -1.05. The molecule has 6 heteroatoms. The van der Waals surface area contributed by atoms with Crippen molar-refractivity contribution in [2.75, 3.05) is 12.3 Å². The van der Waals surface area contributed by atoms with E-state index >= 15 is 0 Å². The molecule has 19 heavy (non-hydrogen) atoms. The highest BCUT2D eigenvalue weighted by atomic mass is 32.2. The van der Waals surface area contributed by atoms with Crippen LogP contribution in [0.25, 0.3) is 0 Å². The summed E-state index contributed by atoms with van der Waals surface area (Å²) in [7, 11) is 0. The molecule has 2 rings (SSSR count). The number of thioether (sulfide) groups is 1. The molecule has 1 aliphatic heterocycles. The van der Waals surface area contributed by atoms with Gasteiger partial charge in [-0.15, -0.1) is 11.8 Å². The second-order valence-corrected chi connectivity index (χ2v) is 5.75. The van der Waals surface area contributed by atoms with Crippen molar-refractivity contribution in [3.05, 3.63) is 24.5 Å². The van der Waals surface area contributed by atoms with Crippen molar-refractivity contribution in [2.24, 2.45) is 0 Å². The van der Waals surface area contributed by atoms with Gasteiger partial charge >= 0.3 is 5.97 Å². The Balaban J connectivity index is 1.98. The SMILES string of the molecule is CC1(C(=O)O)CCCN1C(=O)CSc1ccncc1. The number of aromatic nitrogens is 1. The highest BCUT2D eigenvalue weighted by Gasteiger charge is 2.45. The summed E-state index contributed by atoms with van der Waals surface area (Å²) in [4.78, 5) is 29.8. The molecular formula is C13H16N2O3S. The maximum absolute atomic E-state index is 12.2. The van der Waals surface area contributed by atoms with Gasteiger partial charge in [0.25, 0.3) is 0 Å². The molecule has 1 fully saturated rings. The Labute approximate surface area is 116 Å². The van der Waals surface area contributed by atoms with Crippen LogP contribution in [0.15, 0.2) is 29.4 Å². The molecule has 0 aliphatic carbocycles. The molecule has 1 aromatic heterocycles. The third-order valence-corrected chi connectivity index (χ3v) is 4.41. The summed E-state index contributed by atoms with van der Waals surface area (Å²) in [6, 6.07) is 3.66. The minimum absolute atomic E-state index is 0.121. The predicted molar refractivity (Wildman–Crippen MR) is 71.9 cm³/mol. The van der Waals surface area contributed by atoms with Crippen LogP contribution in [0.3, 0.4) is 0 Å². The van der Waals surface area contributed by atoms with Crippen LogP contribution in [0.4, 0.5) is 0 Å². The van der Waals surface area contributed by atoms with Crippen LogP contribution in [-0.4, -0.2) is 44.7 Å². The molecule has 1 amide bonds. The number of nitrogens with zero attached hydrogens (tertiary/aromatic N) is 2. The van der Waals surface area contributed by atoms with Gasteiger partial charge in [0.2, 0.25) is 5.91 Å². The molecule has 2 heterocycles. The Hall–Kier alpha value is -1.56. The van der Waals surface area contributed by atoms with Crippen molar-refractivity contribution in [3.8, 4) is 0 Å². The van der Waals surface area contributed by atoms with E-state index in [-0.39, 0.29) is 11.7 Å². The summed E-state index contributed by atoms with van der Waals surface area (Å²) >= 11 is 1.40. The number of pyridine rings is 1. The Morgan fingerprint density at radius 2 is 2.16 bits per heavy atom. The van der Waals surface area contributed by atoms with Crippen LogP contribution in [0, 0.1) is 0 Å². The standard InChI is InChI=1S/C13H16N2O3S/c1-13(12(17)18)5-2-8-15(13)11(16)9-19-10-3-6-14-7-4-10/h3-4,6-7H,2,5,8-9H2,1H3,(H,17,18). The first-order valence-corrected chi connectivity index (χ1v) is 7.09. The lowest BCUT2D eigenvalue weighted by atomic mass is 9.99.